The van der Waals surface area contributed by atoms with Gasteiger partial charge in [0, 0.05) is 29.7 Å². The number of fused-ring (bicyclic) bond motifs is 1. The van der Waals surface area contributed by atoms with E-state index in [1.165, 1.54) is 0 Å². The minimum absolute atomic E-state index is 0.0575. The van der Waals surface area contributed by atoms with Gasteiger partial charge < -0.3 is 14.8 Å². The van der Waals surface area contributed by atoms with Crippen LogP contribution in [0.5, 0.6) is 11.5 Å². The highest BCUT2D eigenvalue weighted by Crippen LogP contribution is 2.34. The molecule has 1 aromatic heterocycles. The van der Waals surface area contributed by atoms with Crippen LogP contribution in [0.15, 0.2) is 72.0 Å². The molecule has 0 saturated carbocycles. The summed E-state index contributed by atoms with van der Waals surface area (Å²) < 4.78 is 49.0. The van der Waals surface area contributed by atoms with Gasteiger partial charge in [-0.1, -0.05) is 0 Å². The highest BCUT2D eigenvalue weighted by Gasteiger charge is 2.30. The van der Waals surface area contributed by atoms with Crippen molar-refractivity contribution >= 4 is 17.6 Å². The predicted octanol–water partition coefficient (Wildman–Crippen LogP) is 4.23. The first-order chi connectivity index (χ1) is 15.4. The van der Waals surface area contributed by atoms with E-state index in [-0.39, 0.29) is 24.9 Å². The van der Waals surface area contributed by atoms with Crippen LogP contribution in [0.1, 0.15) is 21.5 Å². The van der Waals surface area contributed by atoms with E-state index < -0.39 is 17.6 Å². The zero-order valence-corrected chi connectivity index (χ0v) is 16.5. The Morgan fingerprint density at radius 1 is 1.00 bits per heavy atom. The lowest BCUT2D eigenvalue weighted by Crippen LogP contribution is -2.36. The molecule has 32 heavy (non-hydrogen) atoms. The average molecular weight is 442 g/mol. The Balaban J connectivity index is 1.53. The maximum Gasteiger partial charge on any atom is 0.416 e. The van der Waals surface area contributed by atoms with Crippen LogP contribution in [-0.2, 0) is 12.7 Å². The lowest BCUT2D eigenvalue weighted by molar-refractivity contribution is -0.137. The number of halogens is 3. The molecule has 0 aliphatic carbocycles. The minimum Gasteiger partial charge on any atom is -0.454 e. The Kier molecular flexibility index (Phi) is 5.93. The van der Waals surface area contributed by atoms with Crippen LogP contribution >= 0.6 is 0 Å². The zero-order chi connectivity index (χ0) is 22.6. The van der Waals surface area contributed by atoms with Crippen LogP contribution in [0, 0.1) is 0 Å². The quantitative estimate of drug-likeness (QED) is 0.467. The summed E-state index contributed by atoms with van der Waals surface area (Å²) in [5, 5.41) is 5.61. The van der Waals surface area contributed by atoms with Crippen LogP contribution in [-0.4, -0.2) is 23.6 Å². The molecule has 0 spiro atoms. The third kappa shape index (κ3) is 5.15. The molecule has 2 heterocycles. The first-order valence-electron chi connectivity index (χ1n) is 9.47. The second kappa shape index (κ2) is 8.96. The van der Waals surface area contributed by atoms with E-state index in [9.17, 15) is 18.0 Å². The molecular formula is C22H17F3N4O3. The number of anilines is 1. The van der Waals surface area contributed by atoms with Gasteiger partial charge in [0.1, 0.15) is 0 Å². The van der Waals surface area contributed by atoms with E-state index >= 15 is 0 Å². The van der Waals surface area contributed by atoms with E-state index in [1.807, 2.05) is 0 Å². The summed E-state index contributed by atoms with van der Waals surface area (Å²) in [4.78, 5) is 21.0. The molecule has 0 radical (unpaired) electrons. The van der Waals surface area contributed by atoms with Gasteiger partial charge in [0.15, 0.2) is 11.5 Å². The van der Waals surface area contributed by atoms with Crippen LogP contribution in [0.4, 0.5) is 18.9 Å². The van der Waals surface area contributed by atoms with Crippen molar-refractivity contribution in [3.05, 3.63) is 83.7 Å². The highest BCUT2D eigenvalue weighted by atomic mass is 19.4. The van der Waals surface area contributed by atoms with Gasteiger partial charge in [-0.15, -0.1) is 0 Å². The van der Waals surface area contributed by atoms with Gasteiger partial charge in [0.2, 0.25) is 12.8 Å². The van der Waals surface area contributed by atoms with Gasteiger partial charge in [-0.2, -0.15) is 13.2 Å². The molecule has 0 saturated heterocycles. The van der Waals surface area contributed by atoms with E-state index in [2.05, 4.69) is 20.6 Å². The smallest absolute Gasteiger partial charge is 0.416 e. The molecule has 0 atom stereocenters. The lowest BCUT2D eigenvalue weighted by atomic mass is 10.1. The summed E-state index contributed by atoms with van der Waals surface area (Å²) in [6.07, 6.45) is -1.24. The number of hydrogen-bond acceptors (Lipinski definition) is 5. The van der Waals surface area contributed by atoms with Crippen molar-refractivity contribution in [3.8, 4) is 11.5 Å². The fourth-order valence-electron chi connectivity index (χ4n) is 2.87. The molecule has 1 aliphatic heterocycles. The average Bonchev–Trinajstić information content (AvgIpc) is 3.25. The number of benzene rings is 2. The molecule has 0 bridgehead atoms. The normalized spacial score (nSPS) is 13.0. The van der Waals surface area contributed by atoms with Crippen molar-refractivity contribution < 1.29 is 27.4 Å². The standard InChI is InChI=1S/C22H17F3N4O3/c23-22(24,25)16-3-1-15(2-4-16)20(30)29-21(27-12-14-7-9-26-10-8-14)28-17-5-6-18-19(11-17)32-13-31-18/h1-11H,12-13H2,(H2,27,28,29,30). The maximum atomic E-state index is 12.8. The number of hydrogen-bond donors (Lipinski definition) is 2. The second-order valence-corrected chi connectivity index (χ2v) is 6.74. The number of ether oxygens (including phenoxy) is 2. The number of alkyl halides is 3. The van der Waals surface area contributed by atoms with Gasteiger partial charge in [-0.3, -0.25) is 15.1 Å². The number of aliphatic imine (C=N–C) groups is 1. The first-order valence-corrected chi connectivity index (χ1v) is 9.47. The molecule has 4 rings (SSSR count). The molecule has 10 heteroatoms. The van der Waals surface area contributed by atoms with Gasteiger partial charge in [0.25, 0.3) is 5.91 Å². The summed E-state index contributed by atoms with van der Waals surface area (Å²) in [7, 11) is 0. The van der Waals surface area contributed by atoms with Crippen molar-refractivity contribution in [2.24, 2.45) is 4.99 Å². The Bertz CT molecular complexity index is 1130. The van der Waals surface area contributed by atoms with Crippen LogP contribution in [0.3, 0.4) is 0 Å². The number of aromatic nitrogens is 1. The number of amides is 1. The summed E-state index contributed by atoms with van der Waals surface area (Å²) in [5.41, 5.74) is 0.658. The molecule has 0 unspecified atom stereocenters. The monoisotopic (exact) mass is 442 g/mol. The first kappa shape index (κ1) is 21.2. The predicted molar refractivity (Wildman–Crippen MR) is 110 cm³/mol. The highest BCUT2D eigenvalue weighted by molar-refractivity contribution is 6.10. The molecule has 2 aromatic carbocycles. The Morgan fingerprint density at radius 2 is 1.72 bits per heavy atom. The molecule has 7 nitrogen and oxygen atoms in total. The number of rotatable bonds is 4. The largest absolute Gasteiger partial charge is 0.454 e. The van der Waals surface area contributed by atoms with Gasteiger partial charge in [-0.25, -0.2) is 4.99 Å². The minimum atomic E-state index is -4.48. The number of nitrogens with zero attached hydrogens (tertiary/aromatic N) is 2. The molecule has 2 N–H and O–H groups in total. The fourth-order valence-corrected chi connectivity index (χ4v) is 2.87. The van der Waals surface area contributed by atoms with E-state index in [0.29, 0.717) is 17.2 Å². The summed E-state index contributed by atoms with van der Waals surface area (Å²) in [5.74, 6) is 0.642. The molecular weight excluding hydrogens is 425 g/mol. The van der Waals surface area contributed by atoms with Crippen LogP contribution in [0.2, 0.25) is 0 Å². The van der Waals surface area contributed by atoms with E-state index in [1.54, 1.807) is 42.7 Å². The summed E-state index contributed by atoms with van der Waals surface area (Å²) in [6.45, 7) is 0.356. The van der Waals surface area contributed by atoms with Gasteiger partial charge in [0.05, 0.1) is 12.1 Å². The number of guanidine groups is 1. The second-order valence-electron chi connectivity index (χ2n) is 6.74. The number of carbonyl (C=O) groups is 1. The fraction of sp³-hybridized carbons (Fsp3) is 0.136. The van der Waals surface area contributed by atoms with Crippen molar-refractivity contribution in [1.82, 2.24) is 10.3 Å². The maximum absolute atomic E-state index is 12.8. The molecule has 3 aromatic rings. The zero-order valence-electron chi connectivity index (χ0n) is 16.5. The Hall–Kier alpha value is -4.08. The Morgan fingerprint density at radius 3 is 2.44 bits per heavy atom. The van der Waals surface area contributed by atoms with E-state index in [0.717, 1.165) is 29.8 Å². The summed E-state index contributed by atoms with van der Waals surface area (Å²) >= 11 is 0. The van der Waals surface area contributed by atoms with Crippen molar-refractivity contribution in [2.45, 2.75) is 12.7 Å². The van der Waals surface area contributed by atoms with Gasteiger partial charge >= 0.3 is 6.18 Å². The Labute approximate surface area is 180 Å². The van der Waals surface area contributed by atoms with Crippen molar-refractivity contribution in [1.29, 1.82) is 0 Å². The topological polar surface area (TPSA) is 84.8 Å². The number of nitrogens with one attached hydrogen (secondary N) is 2. The van der Waals surface area contributed by atoms with Crippen molar-refractivity contribution in [3.63, 3.8) is 0 Å². The van der Waals surface area contributed by atoms with Crippen LogP contribution in [0.25, 0.3) is 0 Å². The van der Waals surface area contributed by atoms with Crippen molar-refractivity contribution in [2.75, 3.05) is 12.1 Å². The lowest BCUT2D eigenvalue weighted by Gasteiger charge is -2.13. The van der Waals surface area contributed by atoms with E-state index in [4.69, 9.17) is 9.47 Å². The van der Waals surface area contributed by atoms with Gasteiger partial charge in [-0.05, 0) is 54.1 Å². The molecule has 1 amide bonds. The third-order valence-corrected chi connectivity index (χ3v) is 4.51. The molecule has 0 fully saturated rings. The van der Waals surface area contributed by atoms with Crippen LogP contribution < -0.4 is 20.1 Å². The number of pyridine rings is 1. The third-order valence-electron chi connectivity index (χ3n) is 4.51. The summed E-state index contributed by atoms with van der Waals surface area (Å²) in [6, 6.07) is 12.6. The molecule has 164 valence electrons. The molecule has 1 aliphatic rings. The number of carbonyl (C=O) groups excluding carboxylic acids is 1. The SMILES string of the molecule is O=C(NC(=NCc1ccncc1)Nc1ccc2c(c1)OCO2)c1ccc(C(F)(F)F)cc1.